The zero-order valence-electron chi connectivity index (χ0n) is 13.2. The summed E-state index contributed by atoms with van der Waals surface area (Å²) in [5.74, 6) is 0. The summed E-state index contributed by atoms with van der Waals surface area (Å²) in [6.45, 7) is 6.14. The number of para-hydroxylation sites is 1. The van der Waals surface area contributed by atoms with Gasteiger partial charge in [-0.1, -0.05) is 18.2 Å². The Morgan fingerprint density at radius 2 is 1.95 bits per heavy atom. The lowest BCUT2D eigenvalue weighted by molar-refractivity contribution is 0.0831. The molecular formula is C17H25N3O2. The summed E-state index contributed by atoms with van der Waals surface area (Å²) in [6.07, 6.45) is 2.32. The number of piperazine rings is 1. The van der Waals surface area contributed by atoms with Crippen molar-refractivity contribution in [3.8, 4) is 0 Å². The number of urea groups is 1. The number of carbonyl (C=O) groups is 1. The van der Waals surface area contributed by atoms with Crippen molar-refractivity contribution in [2.75, 3.05) is 37.7 Å². The predicted molar refractivity (Wildman–Crippen MR) is 87.2 cm³/mol. The van der Waals surface area contributed by atoms with Gasteiger partial charge in [0.25, 0.3) is 0 Å². The van der Waals surface area contributed by atoms with Crippen molar-refractivity contribution in [3.05, 3.63) is 30.3 Å². The number of anilines is 1. The summed E-state index contributed by atoms with van der Waals surface area (Å²) in [4.78, 5) is 16.6. The highest BCUT2D eigenvalue weighted by molar-refractivity contribution is 5.75. The summed E-state index contributed by atoms with van der Waals surface area (Å²) in [5.41, 5.74) is 1.23. The Kier molecular flexibility index (Phi) is 4.83. The van der Waals surface area contributed by atoms with E-state index in [2.05, 4.69) is 34.5 Å². The van der Waals surface area contributed by atoms with E-state index in [0.717, 1.165) is 45.6 Å². The van der Waals surface area contributed by atoms with Crippen LogP contribution in [0.15, 0.2) is 30.3 Å². The maximum atomic E-state index is 12.3. The zero-order valence-corrected chi connectivity index (χ0v) is 13.2. The molecule has 0 bridgehead atoms. The maximum absolute atomic E-state index is 12.3. The van der Waals surface area contributed by atoms with E-state index in [4.69, 9.17) is 4.74 Å². The second kappa shape index (κ2) is 7.01. The molecule has 1 aromatic rings. The van der Waals surface area contributed by atoms with Crippen molar-refractivity contribution >= 4 is 11.7 Å². The summed E-state index contributed by atoms with van der Waals surface area (Å²) in [6, 6.07) is 10.5. The van der Waals surface area contributed by atoms with Crippen LogP contribution in [0.25, 0.3) is 0 Å². The van der Waals surface area contributed by atoms with Gasteiger partial charge in [-0.2, -0.15) is 0 Å². The highest BCUT2D eigenvalue weighted by atomic mass is 16.5. The van der Waals surface area contributed by atoms with Crippen LogP contribution < -0.4 is 10.2 Å². The van der Waals surface area contributed by atoms with Crippen LogP contribution in [0.4, 0.5) is 10.5 Å². The first kappa shape index (κ1) is 15.2. The summed E-state index contributed by atoms with van der Waals surface area (Å²) >= 11 is 0. The number of hydrogen-bond acceptors (Lipinski definition) is 3. The van der Waals surface area contributed by atoms with Crippen molar-refractivity contribution in [2.45, 2.75) is 31.9 Å². The first-order chi connectivity index (χ1) is 10.7. The van der Waals surface area contributed by atoms with Gasteiger partial charge in [0.1, 0.15) is 0 Å². The molecule has 22 heavy (non-hydrogen) atoms. The second-order valence-electron chi connectivity index (χ2n) is 6.10. The van der Waals surface area contributed by atoms with Gasteiger partial charge in [0.15, 0.2) is 0 Å². The van der Waals surface area contributed by atoms with Crippen LogP contribution in [-0.4, -0.2) is 55.9 Å². The van der Waals surface area contributed by atoms with E-state index in [0.29, 0.717) is 0 Å². The highest BCUT2D eigenvalue weighted by Gasteiger charge is 2.27. The molecule has 2 fully saturated rings. The topological polar surface area (TPSA) is 44.8 Å². The van der Waals surface area contributed by atoms with E-state index in [-0.39, 0.29) is 18.2 Å². The van der Waals surface area contributed by atoms with Gasteiger partial charge in [-0.25, -0.2) is 4.79 Å². The normalized spacial score (nSPS) is 23.4. The molecule has 0 saturated carbocycles. The minimum absolute atomic E-state index is 0.0377. The molecule has 0 aliphatic carbocycles. The number of benzene rings is 1. The van der Waals surface area contributed by atoms with Crippen molar-refractivity contribution in [1.29, 1.82) is 0 Å². The van der Waals surface area contributed by atoms with Gasteiger partial charge in [0.2, 0.25) is 0 Å². The molecule has 5 heteroatoms. The lowest BCUT2D eigenvalue weighted by atomic mass is 10.1. The van der Waals surface area contributed by atoms with Crippen molar-refractivity contribution in [1.82, 2.24) is 10.2 Å². The van der Waals surface area contributed by atoms with Gasteiger partial charge >= 0.3 is 6.03 Å². The standard InChI is InChI=1S/C17H25N3O2/c1-14(16-8-5-13-22-16)18-17(21)20-11-9-19(10-12-20)15-6-3-2-4-7-15/h2-4,6-7,14,16H,5,8-13H2,1H3,(H,18,21)/t14-,16-/m1/s1. The molecule has 2 atom stereocenters. The Balaban J connectivity index is 1.47. The largest absolute Gasteiger partial charge is 0.376 e. The van der Waals surface area contributed by atoms with E-state index in [1.165, 1.54) is 5.69 Å². The Labute approximate surface area is 132 Å². The summed E-state index contributed by atoms with van der Waals surface area (Å²) < 4.78 is 5.64. The number of rotatable bonds is 3. The van der Waals surface area contributed by atoms with E-state index >= 15 is 0 Å². The van der Waals surface area contributed by atoms with Crippen LogP contribution in [0, 0.1) is 0 Å². The van der Waals surface area contributed by atoms with Crippen molar-refractivity contribution in [2.24, 2.45) is 0 Å². The molecule has 0 aromatic heterocycles. The zero-order chi connectivity index (χ0) is 15.4. The molecule has 5 nitrogen and oxygen atoms in total. The number of carbonyl (C=O) groups excluding carboxylic acids is 1. The smallest absolute Gasteiger partial charge is 0.317 e. The van der Waals surface area contributed by atoms with E-state index in [9.17, 15) is 4.79 Å². The maximum Gasteiger partial charge on any atom is 0.317 e. The number of hydrogen-bond donors (Lipinski definition) is 1. The molecular weight excluding hydrogens is 278 g/mol. The molecule has 3 rings (SSSR count). The van der Waals surface area contributed by atoms with Gasteiger partial charge in [0.05, 0.1) is 12.1 Å². The number of amides is 2. The number of nitrogens with one attached hydrogen (secondary N) is 1. The predicted octanol–water partition coefficient (Wildman–Crippen LogP) is 2.09. The Hall–Kier alpha value is -1.75. The van der Waals surface area contributed by atoms with Gasteiger partial charge in [-0.3, -0.25) is 0 Å². The first-order valence-electron chi connectivity index (χ1n) is 8.21. The Bertz CT molecular complexity index is 480. The Morgan fingerprint density at radius 1 is 1.23 bits per heavy atom. The molecule has 2 aliphatic heterocycles. The van der Waals surface area contributed by atoms with Gasteiger partial charge < -0.3 is 19.9 Å². The molecule has 0 radical (unpaired) electrons. The van der Waals surface area contributed by atoms with E-state index in [1.54, 1.807) is 0 Å². The third-order valence-electron chi connectivity index (χ3n) is 4.56. The third kappa shape index (κ3) is 3.53. The van der Waals surface area contributed by atoms with Crippen LogP contribution >= 0.6 is 0 Å². The SMILES string of the molecule is C[C@@H](NC(=O)N1CCN(c2ccccc2)CC1)[C@H]1CCCO1. The van der Waals surface area contributed by atoms with Gasteiger partial charge in [-0.05, 0) is 31.9 Å². The first-order valence-corrected chi connectivity index (χ1v) is 8.21. The fraction of sp³-hybridized carbons (Fsp3) is 0.588. The molecule has 120 valence electrons. The second-order valence-corrected chi connectivity index (χ2v) is 6.10. The Morgan fingerprint density at radius 3 is 2.59 bits per heavy atom. The molecule has 2 amide bonds. The molecule has 2 aliphatic rings. The molecule has 0 spiro atoms. The third-order valence-corrected chi connectivity index (χ3v) is 4.56. The van der Waals surface area contributed by atoms with Crippen molar-refractivity contribution < 1.29 is 9.53 Å². The average Bonchev–Trinajstić information content (AvgIpc) is 3.10. The van der Waals surface area contributed by atoms with Crippen LogP contribution in [0.3, 0.4) is 0 Å². The quantitative estimate of drug-likeness (QED) is 0.930. The van der Waals surface area contributed by atoms with Crippen LogP contribution in [0.1, 0.15) is 19.8 Å². The van der Waals surface area contributed by atoms with Crippen molar-refractivity contribution in [3.63, 3.8) is 0 Å². The number of ether oxygens (including phenoxy) is 1. The van der Waals surface area contributed by atoms with Crippen LogP contribution in [0.2, 0.25) is 0 Å². The van der Waals surface area contributed by atoms with E-state index in [1.807, 2.05) is 17.9 Å². The molecule has 1 aromatic carbocycles. The molecule has 2 saturated heterocycles. The van der Waals surface area contributed by atoms with E-state index < -0.39 is 0 Å². The lowest BCUT2D eigenvalue weighted by Gasteiger charge is -2.36. The average molecular weight is 303 g/mol. The minimum atomic E-state index is 0.0377. The monoisotopic (exact) mass is 303 g/mol. The molecule has 0 unspecified atom stereocenters. The fourth-order valence-electron chi connectivity index (χ4n) is 3.18. The van der Waals surface area contributed by atoms with Gasteiger partial charge in [-0.15, -0.1) is 0 Å². The van der Waals surface area contributed by atoms with Gasteiger partial charge in [0, 0.05) is 38.5 Å². The number of nitrogens with zero attached hydrogens (tertiary/aromatic N) is 2. The summed E-state index contributed by atoms with van der Waals surface area (Å²) in [7, 11) is 0. The molecule has 2 heterocycles. The summed E-state index contributed by atoms with van der Waals surface area (Å²) in [5, 5.41) is 3.09. The fourth-order valence-corrected chi connectivity index (χ4v) is 3.18. The van der Waals surface area contributed by atoms with Crippen LogP contribution in [0.5, 0.6) is 0 Å². The highest BCUT2D eigenvalue weighted by Crippen LogP contribution is 2.17. The van der Waals surface area contributed by atoms with Crippen LogP contribution in [-0.2, 0) is 4.74 Å². The lowest BCUT2D eigenvalue weighted by Crippen LogP contribution is -2.54. The minimum Gasteiger partial charge on any atom is -0.376 e. The molecule has 1 N–H and O–H groups in total.